The van der Waals surface area contributed by atoms with Crippen LogP contribution in [0.1, 0.15) is 21.9 Å². The van der Waals surface area contributed by atoms with Crippen molar-refractivity contribution in [3.05, 3.63) is 86.3 Å². The lowest BCUT2D eigenvalue weighted by Crippen LogP contribution is -2.04. The molecule has 0 unspecified atom stereocenters. The molecule has 0 saturated heterocycles. The fourth-order valence-corrected chi connectivity index (χ4v) is 5.06. The maximum absolute atomic E-state index is 13.4. The number of aromatic hydroxyl groups is 2. The van der Waals surface area contributed by atoms with Crippen LogP contribution in [0.4, 0.5) is 5.69 Å². The van der Waals surface area contributed by atoms with E-state index in [9.17, 15) is 25.1 Å². The summed E-state index contributed by atoms with van der Waals surface area (Å²) < 4.78 is 7.95. The molecule has 2 aromatic carbocycles. The number of thiazole rings is 1. The SMILES string of the molecule is Cc1ccc(C(=O)c2c(O)c(O)n(-c3nc4ccc([N+](=O)[O-])cc4s3)c2-c2cccc(Br)c2)o1. The second kappa shape index (κ2) is 8.12. The molecule has 0 fully saturated rings. The summed E-state index contributed by atoms with van der Waals surface area (Å²) in [4.78, 5) is 28.5. The topological polar surface area (TPSA) is 132 Å². The standard InChI is InChI=1S/C23H14BrN3O6S/c1-11-5-8-16(33-11)20(28)18-19(12-3-2-4-13(24)9-12)26(22(30)21(18)29)23-25-15-7-6-14(27(31)32)10-17(15)34-23/h2-10,29-30H,1H3. The first-order chi connectivity index (χ1) is 16.2. The van der Waals surface area contributed by atoms with Gasteiger partial charge in [-0.3, -0.25) is 19.5 Å². The molecule has 0 spiro atoms. The molecule has 0 bridgehead atoms. The van der Waals surface area contributed by atoms with Crippen LogP contribution in [-0.4, -0.2) is 30.5 Å². The number of aromatic nitrogens is 2. The third-order valence-corrected chi connectivity index (χ3v) is 6.67. The number of ketones is 1. The number of nitrogens with zero attached hydrogens (tertiary/aromatic N) is 3. The molecular formula is C23H14BrN3O6S. The number of rotatable bonds is 5. The van der Waals surface area contributed by atoms with E-state index in [1.54, 1.807) is 37.3 Å². The number of benzene rings is 2. The number of carbonyl (C=O) groups is 1. The van der Waals surface area contributed by atoms with Crippen LogP contribution in [0.15, 0.2) is 63.5 Å². The highest BCUT2D eigenvalue weighted by Crippen LogP contribution is 2.45. The molecule has 11 heteroatoms. The van der Waals surface area contributed by atoms with Crippen molar-refractivity contribution in [2.75, 3.05) is 0 Å². The van der Waals surface area contributed by atoms with E-state index in [0.29, 0.717) is 26.0 Å². The third kappa shape index (κ3) is 3.55. The van der Waals surface area contributed by atoms with Crippen molar-refractivity contribution in [3.63, 3.8) is 0 Å². The summed E-state index contributed by atoms with van der Waals surface area (Å²) in [6.45, 7) is 1.69. The van der Waals surface area contributed by atoms with Crippen LogP contribution >= 0.6 is 27.3 Å². The molecule has 170 valence electrons. The van der Waals surface area contributed by atoms with Crippen LogP contribution in [0.3, 0.4) is 0 Å². The Morgan fingerprint density at radius 3 is 2.65 bits per heavy atom. The zero-order valence-electron chi connectivity index (χ0n) is 17.4. The summed E-state index contributed by atoms with van der Waals surface area (Å²) >= 11 is 4.48. The van der Waals surface area contributed by atoms with Gasteiger partial charge in [0, 0.05) is 22.2 Å². The minimum atomic E-state index is -0.626. The molecular weight excluding hydrogens is 526 g/mol. The number of halogens is 1. The lowest BCUT2D eigenvalue weighted by Gasteiger charge is -2.09. The summed E-state index contributed by atoms with van der Waals surface area (Å²) in [6, 6.07) is 14.3. The van der Waals surface area contributed by atoms with E-state index in [4.69, 9.17) is 4.42 Å². The molecule has 34 heavy (non-hydrogen) atoms. The van der Waals surface area contributed by atoms with Crippen LogP contribution in [0.5, 0.6) is 11.6 Å². The first-order valence-electron chi connectivity index (χ1n) is 9.83. The van der Waals surface area contributed by atoms with Crippen LogP contribution in [0, 0.1) is 17.0 Å². The van der Waals surface area contributed by atoms with E-state index in [2.05, 4.69) is 20.9 Å². The van der Waals surface area contributed by atoms with Crippen molar-refractivity contribution in [1.29, 1.82) is 0 Å². The van der Waals surface area contributed by atoms with Crippen LogP contribution < -0.4 is 0 Å². The Hall–Kier alpha value is -3.96. The highest BCUT2D eigenvalue weighted by Gasteiger charge is 2.32. The van der Waals surface area contributed by atoms with Gasteiger partial charge in [0.05, 0.1) is 26.4 Å². The molecule has 3 aromatic heterocycles. The summed E-state index contributed by atoms with van der Waals surface area (Å²) in [6.07, 6.45) is 0. The summed E-state index contributed by atoms with van der Waals surface area (Å²) in [5.74, 6) is -1.31. The molecule has 0 aliphatic carbocycles. The number of aryl methyl sites for hydroxylation is 1. The van der Waals surface area contributed by atoms with Gasteiger partial charge in [-0.05, 0) is 37.3 Å². The van der Waals surface area contributed by atoms with E-state index in [1.807, 2.05) is 0 Å². The summed E-state index contributed by atoms with van der Waals surface area (Å²) in [7, 11) is 0. The van der Waals surface area contributed by atoms with Crippen molar-refractivity contribution in [2.45, 2.75) is 6.92 Å². The van der Waals surface area contributed by atoms with E-state index < -0.39 is 22.3 Å². The molecule has 0 saturated carbocycles. The lowest BCUT2D eigenvalue weighted by molar-refractivity contribution is -0.384. The molecule has 3 heterocycles. The zero-order valence-corrected chi connectivity index (χ0v) is 19.8. The molecule has 0 radical (unpaired) electrons. The van der Waals surface area contributed by atoms with E-state index in [-0.39, 0.29) is 27.8 Å². The molecule has 0 aliphatic heterocycles. The van der Waals surface area contributed by atoms with Crippen molar-refractivity contribution in [3.8, 4) is 28.0 Å². The second-order valence-corrected chi connectivity index (χ2v) is 9.31. The Balaban J connectivity index is 1.80. The van der Waals surface area contributed by atoms with Gasteiger partial charge < -0.3 is 14.6 Å². The Morgan fingerprint density at radius 2 is 1.97 bits per heavy atom. The van der Waals surface area contributed by atoms with Gasteiger partial charge in [-0.25, -0.2) is 4.98 Å². The Bertz CT molecular complexity index is 1620. The smallest absolute Gasteiger partial charge is 0.270 e. The molecule has 2 N–H and O–H groups in total. The van der Waals surface area contributed by atoms with Gasteiger partial charge in [0.25, 0.3) is 5.69 Å². The molecule has 5 aromatic rings. The zero-order chi connectivity index (χ0) is 24.1. The largest absolute Gasteiger partial charge is 0.503 e. The predicted octanol–water partition coefficient (Wildman–Crippen LogP) is 5.97. The third-order valence-electron chi connectivity index (χ3n) is 5.17. The molecule has 0 aliphatic rings. The van der Waals surface area contributed by atoms with Crippen molar-refractivity contribution < 1.29 is 24.3 Å². The monoisotopic (exact) mass is 539 g/mol. The van der Waals surface area contributed by atoms with Gasteiger partial charge in [0.1, 0.15) is 5.76 Å². The Kier molecular flexibility index (Phi) is 5.22. The van der Waals surface area contributed by atoms with Gasteiger partial charge in [-0.2, -0.15) is 0 Å². The average molecular weight is 540 g/mol. The quantitative estimate of drug-likeness (QED) is 0.160. The van der Waals surface area contributed by atoms with Crippen LogP contribution in [-0.2, 0) is 0 Å². The molecule has 0 atom stereocenters. The number of fused-ring (bicyclic) bond motifs is 1. The van der Waals surface area contributed by atoms with Gasteiger partial charge in [-0.1, -0.05) is 39.4 Å². The molecule has 5 rings (SSSR count). The number of hydrogen-bond donors (Lipinski definition) is 2. The minimum absolute atomic E-state index is 0.00104. The fraction of sp³-hybridized carbons (Fsp3) is 0.0435. The average Bonchev–Trinajstić information content (AvgIpc) is 3.49. The summed E-state index contributed by atoms with van der Waals surface area (Å²) in [5.41, 5.74) is 0.924. The molecule has 0 amide bonds. The van der Waals surface area contributed by atoms with Crippen molar-refractivity contribution in [2.24, 2.45) is 0 Å². The fourth-order valence-electron chi connectivity index (χ4n) is 3.65. The first-order valence-corrected chi connectivity index (χ1v) is 11.4. The number of carbonyl (C=O) groups excluding carboxylic acids is 1. The van der Waals surface area contributed by atoms with E-state index in [1.165, 1.54) is 28.8 Å². The minimum Gasteiger partial charge on any atom is -0.503 e. The van der Waals surface area contributed by atoms with E-state index >= 15 is 0 Å². The summed E-state index contributed by atoms with van der Waals surface area (Å²) in [5, 5.41) is 33.2. The van der Waals surface area contributed by atoms with E-state index in [0.717, 1.165) is 11.3 Å². The van der Waals surface area contributed by atoms with Crippen LogP contribution in [0.2, 0.25) is 0 Å². The number of nitro benzene ring substituents is 1. The van der Waals surface area contributed by atoms with Gasteiger partial charge >= 0.3 is 0 Å². The maximum atomic E-state index is 13.4. The second-order valence-electron chi connectivity index (χ2n) is 7.39. The number of hydrogen-bond acceptors (Lipinski definition) is 8. The van der Waals surface area contributed by atoms with Crippen molar-refractivity contribution >= 4 is 49.0 Å². The number of furan rings is 1. The highest BCUT2D eigenvalue weighted by molar-refractivity contribution is 9.10. The number of nitro groups is 1. The van der Waals surface area contributed by atoms with Gasteiger partial charge in [-0.15, -0.1) is 0 Å². The Morgan fingerprint density at radius 1 is 1.18 bits per heavy atom. The van der Waals surface area contributed by atoms with Gasteiger partial charge in [0.2, 0.25) is 11.7 Å². The lowest BCUT2D eigenvalue weighted by atomic mass is 10.0. The van der Waals surface area contributed by atoms with Crippen molar-refractivity contribution in [1.82, 2.24) is 9.55 Å². The first kappa shape index (κ1) is 21.9. The Labute approximate surface area is 203 Å². The predicted molar refractivity (Wildman–Crippen MR) is 129 cm³/mol. The molecule has 9 nitrogen and oxygen atoms in total. The van der Waals surface area contributed by atoms with Gasteiger partial charge in [0.15, 0.2) is 16.6 Å². The normalized spacial score (nSPS) is 11.2. The highest BCUT2D eigenvalue weighted by atomic mass is 79.9. The van der Waals surface area contributed by atoms with Crippen LogP contribution in [0.25, 0.3) is 26.6 Å². The number of non-ortho nitro benzene ring substituents is 1. The maximum Gasteiger partial charge on any atom is 0.270 e.